The highest BCUT2D eigenvalue weighted by Crippen LogP contribution is 2.11. The highest BCUT2D eigenvalue weighted by Gasteiger charge is 1.95. The molecule has 0 fully saturated rings. The van der Waals surface area contributed by atoms with E-state index in [1.807, 2.05) is 0 Å². The molecule has 0 bridgehead atoms. The number of allylic oxidation sites excluding steroid dienone is 1. The van der Waals surface area contributed by atoms with Crippen LogP contribution in [0, 0.1) is 5.92 Å². The zero-order valence-electron chi connectivity index (χ0n) is 7.70. The highest BCUT2D eigenvalue weighted by molar-refractivity contribution is 4.92. The molecular weight excluding hydrogens is 139 g/mol. The Morgan fingerprint density at radius 1 is 1.36 bits per heavy atom. The van der Waals surface area contributed by atoms with Gasteiger partial charge >= 0.3 is 0 Å². The maximum Gasteiger partial charge on any atom is 0.110 e. The van der Waals surface area contributed by atoms with Crippen molar-refractivity contribution in [2.24, 2.45) is 5.92 Å². The Bertz CT molecular complexity index is 105. The predicted molar refractivity (Wildman–Crippen MR) is 48.4 cm³/mol. The average Bonchev–Trinajstić information content (AvgIpc) is 1.97. The molecule has 0 spiro atoms. The van der Waals surface area contributed by atoms with Crippen LogP contribution in [-0.2, 0) is 0 Å². The lowest BCUT2D eigenvalue weighted by atomic mass is 10.0. The van der Waals surface area contributed by atoms with Gasteiger partial charge in [0.2, 0.25) is 0 Å². The third kappa shape index (κ3) is 7.57. The molecule has 0 saturated heterocycles. The fourth-order valence-electron chi connectivity index (χ4n) is 0.994. The van der Waals surface area contributed by atoms with Gasteiger partial charge in [0.1, 0.15) is 6.67 Å². The van der Waals surface area contributed by atoms with E-state index in [2.05, 4.69) is 20.4 Å². The van der Waals surface area contributed by atoms with Crippen LogP contribution < -0.4 is 0 Å². The van der Waals surface area contributed by atoms with Gasteiger partial charge in [-0.2, -0.15) is 0 Å². The Labute approximate surface area is 69.5 Å². The van der Waals surface area contributed by atoms with E-state index in [1.165, 1.54) is 12.8 Å². The van der Waals surface area contributed by atoms with E-state index >= 15 is 0 Å². The standard InChI is InChI=1S/C10H19F/c1-9(2)6-4-5-7-10(3)8-11/h9H,3-8H2,1-2H3. The van der Waals surface area contributed by atoms with Gasteiger partial charge in [-0.05, 0) is 24.3 Å². The first-order chi connectivity index (χ1) is 5.16. The molecule has 0 aliphatic heterocycles. The molecule has 0 aromatic heterocycles. The van der Waals surface area contributed by atoms with Crippen molar-refractivity contribution in [2.45, 2.75) is 39.5 Å². The minimum atomic E-state index is -0.346. The first-order valence-electron chi connectivity index (χ1n) is 4.39. The molecule has 0 radical (unpaired) electrons. The second kappa shape index (κ2) is 6.38. The molecule has 0 nitrogen and oxygen atoms in total. The summed E-state index contributed by atoms with van der Waals surface area (Å²) >= 11 is 0. The maximum absolute atomic E-state index is 11.9. The normalized spacial score (nSPS) is 10.5. The topological polar surface area (TPSA) is 0 Å². The summed E-state index contributed by atoms with van der Waals surface area (Å²) in [6.07, 6.45) is 4.42. The second-order valence-corrected chi connectivity index (χ2v) is 3.52. The monoisotopic (exact) mass is 158 g/mol. The Morgan fingerprint density at radius 2 is 2.00 bits per heavy atom. The summed E-state index contributed by atoms with van der Waals surface area (Å²) in [5, 5.41) is 0. The van der Waals surface area contributed by atoms with Crippen LogP contribution in [0.15, 0.2) is 12.2 Å². The summed E-state index contributed by atoms with van der Waals surface area (Å²) < 4.78 is 11.9. The zero-order valence-corrected chi connectivity index (χ0v) is 7.70. The first kappa shape index (κ1) is 10.7. The lowest BCUT2D eigenvalue weighted by molar-refractivity contribution is 0.507. The third-order valence-corrected chi connectivity index (χ3v) is 1.75. The van der Waals surface area contributed by atoms with E-state index in [-0.39, 0.29) is 6.67 Å². The number of rotatable bonds is 6. The van der Waals surface area contributed by atoms with Gasteiger partial charge in [-0.15, -0.1) is 0 Å². The molecule has 11 heavy (non-hydrogen) atoms. The summed E-state index contributed by atoms with van der Waals surface area (Å²) in [7, 11) is 0. The fraction of sp³-hybridized carbons (Fsp3) is 0.800. The molecule has 1 heteroatoms. The molecule has 0 heterocycles. The smallest absolute Gasteiger partial charge is 0.110 e. The van der Waals surface area contributed by atoms with Crippen molar-refractivity contribution in [1.29, 1.82) is 0 Å². The second-order valence-electron chi connectivity index (χ2n) is 3.52. The molecule has 0 aliphatic carbocycles. The van der Waals surface area contributed by atoms with Gasteiger partial charge in [-0.3, -0.25) is 0 Å². The van der Waals surface area contributed by atoms with E-state index in [0.717, 1.165) is 24.3 Å². The van der Waals surface area contributed by atoms with E-state index in [0.29, 0.717) is 0 Å². The van der Waals surface area contributed by atoms with E-state index in [9.17, 15) is 4.39 Å². The lowest BCUT2D eigenvalue weighted by Gasteiger charge is -2.03. The van der Waals surface area contributed by atoms with Crippen molar-refractivity contribution in [2.75, 3.05) is 6.67 Å². The zero-order chi connectivity index (χ0) is 8.69. The molecule has 0 N–H and O–H groups in total. The van der Waals surface area contributed by atoms with Crippen molar-refractivity contribution < 1.29 is 4.39 Å². The number of hydrogen-bond donors (Lipinski definition) is 0. The first-order valence-corrected chi connectivity index (χ1v) is 4.39. The van der Waals surface area contributed by atoms with Crippen LogP contribution in [0.25, 0.3) is 0 Å². The van der Waals surface area contributed by atoms with E-state index < -0.39 is 0 Å². The summed E-state index contributed by atoms with van der Waals surface area (Å²) in [4.78, 5) is 0. The minimum Gasteiger partial charge on any atom is -0.246 e. The fourth-order valence-corrected chi connectivity index (χ4v) is 0.994. The van der Waals surface area contributed by atoms with Crippen LogP contribution in [0.1, 0.15) is 39.5 Å². The molecular formula is C10H19F. The lowest BCUT2D eigenvalue weighted by Crippen LogP contribution is -1.89. The molecule has 0 rings (SSSR count). The SMILES string of the molecule is C=C(CF)CCCCC(C)C. The molecule has 0 aromatic rings. The van der Waals surface area contributed by atoms with Crippen LogP contribution in [0.4, 0.5) is 4.39 Å². The minimum absolute atomic E-state index is 0.346. The van der Waals surface area contributed by atoms with Crippen LogP contribution in [0.5, 0.6) is 0 Å². The van der Waals surface area contributed by atoms with Crippen molar-refractivity contribution in [3.05, 3.63) is 12.2 Å². The molecule has 0 atom stereocenters. The molecule has 0 unspecified atom stereocenters. The summed E-state index contributed by atoms with van der Waals surface area (Å²) in [6, 6.07) is 0. The largest absolute Gasteiger partial charge is 0.246 e. The van der Waals surface area contributed by atoms with Crippen molar-refractivity contribution in [3.63, 3.8) is 0 Å². The van der Waals surface area contributed by atoms with Crippen LogP contribution >= 0.6 is 0 Å². The van der Waals surface area contributed by atoms with Gasteiger partial charge in [0, 0.05) is 0 Å². The van der Waals surface area contributed by atoms with E-state index in [4.69, 9.17) is 0 Å². The molecule has 0 amide bonds. The summed E-state index contributed by atoms with van der Waals surface area (Å²) in [5.74, 6) is 0.772. The van der Waals surface area contributed by atoms with Crippen LogP contribution in [-0.4, -0.2) is 6.67 Å². The summed E-state index contributed by atoms with van der Waals surface area (Å²) in [5.41, 5.74) is 0.744. The molecule has 0 aromatic carbocycles. The Balaban J connectivity index is 3.08. The van der Waals surface area contributed by atoms with Gasteiger partial charge in [0.25, 0.3) is 0 Å². The quantitative estimate of drug-likeness (QED) is 0.408. The Hall–Kier alpha value is -0.330. The summed E-state index contributed by atoms with van der Waals surface area (Å²) in [6.45, 7) is 7.69. The van der Waals surface area contributed by atoms with Crippen LogP contribution in [0.3, 0.4) is 0 Å². The van der Waals surface area contributed by atoms with Gasteiger partial charge in [0.15, 0.2) is 0 Å². The van der Waals surface area contributed by atoms with Gasteiger partial charge in [-0.25, -0.2) is 4.39 Å². The van der Waals surface area contributed by atoms with Gasteiger partial charge < -0.3 is 0 Å². The Morgan fingerprint density at radius 3 is 2.45 bits per heavy atom. The maximum atomic E-state index is 11.9. The number of halogens is 1. The molecule has 0 aliphatic rings. The van der Waals surface area contributed by atoms with E-state index in [1.54, 1.807) is 0 Å². The average molecular weight is 158 g/mol. The number of alkyl halides is 1. The third-order valence-electron chi connectivity index (χ3n) is 1.75. The van der Waals surface area contributed by atoms with Gasteiger partial charge in [0.05, 0.1) is 0 Å². The molecule has 0 saturated carbocycles. The van der Waals surface area contributed by atoms with Crippen molar-refractivity contribution >= 4 is 0 Å². The highest BCUT2D eigenvalue weighted by atomic mass is 19.1. The van der Waals surface area contributed by atoms with Crippen LogP contribution in [0.2, 0.25) is 0 Å². The predicted octanol–water partition coefficient (Wildman–Crippen LogP) is 3.73. The number of unbranched alkanes of at least 4 members (excludes halogenated alkanes) is 1. The Kier molecular flexibility index (Phi) is 6.19. The van der Waals surface area contributed by atoms with Crippen molar-refractivity contribution in [3.8, 4) is 0 Å². The molecule has 66 valence electrons. The number of hydrogen-bond acceptors (Lipinski definition) is 0. The van der Waals surface area contributed by atoms with Crippen molar-refractivity contribution in [1.82, 2.24) is 0 Å². The van der Waals surface area contributed by atoms with Gasteiger partial charge in [-0.1, -0.05) is 33.3 Å².